The smallest absolute Gasteiger partial charge is 0.295 e. The quantitative estimate of drug-likeness (QED) is 0.682. The molecular weight excluding hydrogens is 262 g/mol. The predicted molar refractivity (Wildman–Crippen MR) is 72.7 cm³/mol. The standard InChI is InChI=1S/C13H15N3O4/c17-16(18)10-1-2-12-11(7-10)15-13(20-12)14-8-9-3-5-19-6-4-9/h1-2,7,9H,3-6,8H2,(H,14,15). The van der Waals surface area contributed by atoms with Crippen molar-refractivity contribution in [2.24, 2.45) is 5.92 Å². The number of ether oxygens (including phenoxy) is 1. The lowest BCUT2D eigenvalue weighted by Crippen LogP contribution is -2.22. The van der Waals surface area contributed by atoms with Gasteiger partial charge in [-0.05, 0) is 24.8 Å². The topological polar surface area (TPSA) is 90.4 Å². The Morgan fingerprint density at radius 2 is 2.20 bits per heavy atom. The summed E-state index contributed by atoms with van der Waals surface area (Å²) in [6.07, 6.45) is 2.05. The van der Waals surface area contributed by atoms with Crippen molar-refractivity contribution in [1.29, 1.82) is 0 Å². The highest BCUT2D eigenvalue weighted by Crippen LogP contribution is 2.24. The van der Waals surface area contributed by atoms with Crippen molar-refractivity contribution in [3.8, 4) is 0 Å². The van der Waals surface area contributed by atoms with Crippen LogP contribution < -0.4 is 5.32 Å². The van der Waals surface area contributed by atoms with Gasteiger partial charge in [0.15, 0.2) is 5.58 Å². The van der Waals surface area contributed by atoms with E-state index in [2.05, 4.69) is 10.3 Å². The Morgan fingerprint density at radius 3 is 2.95 bits per heavy atom. The molecular formula is C13H15N3O4. The van der Waals surface area contributed by atoms with E-state index >= 15 is 0 Å². The van der Waals surface area contributed by atoms with Crippen molar-refractivity contribution in [2.75, 3.05) is 25.1 Å². The number of non-ortho nitro benzene ring substituents is 1. The Kier molecular flexibility index (Phi) is 3.51. The van der Waals surface area contributed by atoms with Crippen LogP contribution in [-0.2, 0) is 4.74 Å². The lowest BCUT2D eigenvalue weighted by molar-refractivity contribution is -0.384. The third-order valence-corrected chi connectivity index (χ3v) is 3.46. The number of nitrogens with zero attached hydrogens (tertiary/aromatic N) is 2. The van der Waals surface area contributed by atoms with Crippen molar-refractivity contribution in [3.63, 3.8) is 0 Å². The molecule has 1 aromatic carbocycles. The van der Waals surface area contributed by atoms with Gasteiger partial charge in [-0.2, -0.15) is 4.98 Å². The Hall–Kier alpha value is -2.15. The van der Waals surface area contributed by atoms with Crippen LogP contribution in [0.5, 0.6) is 0 Å². The van der Waals surface area contributed by atoms with Gasteiger partial charge in [-0.15, -0.1) is 0 Å². The average molecular weight is 277 g/mol. The van der Waals surface area contributed by atoms with Crippen LogP contribution in [0.3, 0.4) is 0 Å². The summed E-state index contributed by atoms with van der Waals surface area (Å²) >= 11 is 0. The molecule has 1 fully saturated rings. The molecule has 0 bridgehead atoms. The van der Waals surface area contributed by atoms with Gasteiger partial charge >= 0.3 is 0 Å². The van der Waals surface area contributed by atoms with Crippen molar-refractivity contribution in [3.05, 3.63) is 28.3 Å². The monoisotopic (exact) mass is 277 g/mol. The van der Waals surface area contributed by atoms with Crippen LogP contribution in [0.2, 0.25) is 0 Å². The fourth-order valence-corrected chi connectivity index (χ4v) is 2.29. The van der Waals surface area contributed by atoms with Gasteiger partial charge < -0.3 is 14.5 Å². The third-order valence-electron chi connectivity index (χ3n) is 3.46. The van der Waals surface area contributed by atoms with Crippen molar-refractivity contribution in [2.45, 2.75) is 12.8 Å². The largest absolute Gasteiger partial charge is 0.424 e. The number of anilines is 1. The Morgan fingerprint density at radius 1 is 1.40 bits per heavy atom. The van der Waals surface area contributed by atoms with E-state index in [1.807, 2.05) is 0 Å². The van der Waals surface area contributed by atoms with Crippen LogP contribution in [0.1, 0.15) is 12.8 Å². The molecule has 0 amide bonds. The minimum Gasteiger partial charge on any atom is -0.424 e. The minimum atomic E-state index is -0.441. The molecule has 3 rings (SSSR count). The summed E-state index contributed by atoms with van der Waals surface area (Å²) in [5.41, 5.74) is 1.06. The van der Waals surface area contributed by atoms with E-state index in [9.17, 15) is 10.1 Å². The van der Waals surface area contributed by atoms with Gasteiger partial charge in [0, 0.05) is 31.9 Å². The highest BCUT2D eigenvalue weighted by atomic mass is 16.6. The van der Waals surface area contributed by atoms with E-state index < -0.39 is 4.92 Å². The molecule has 1 saturated heterocycles. The number of nitrogens with one attached hydrogen (secondary N) is 1. The molecule has 106 valence electrons. The summed E-state index contributed by atoms with van der Waals surface area (Å²) in [7, 11) is 0. The van der Waals surface area contributed by atoms with Gasteiger partial charge in [0.25, 0.3) is 11.7 Å². The first kappa shape index (κ1) is 12.9. The maximum Gasteiger partial charge on any atom is 0.295 e. The van der Waals surface area contributed by atoms with Crippen LogP contribution in [0.15, 0.2) is 22.6 Å². The summed E-state index contributed by atoms with van der Waals surface area (Å²) in [5.74, 6) is 0.549. The fourth-order valence-electron chi connectivity index (χ4n) is 2.29. The summed E-state index contributed by atoms with van der Waals surface area (Å²) in [4.78, 5) is 14.5. The molecule has 0 aliphatic carbocycles. The lowest BCUT2D eigenvalue weighted by atomic mass is 10.0. The zero-order chi connectivity index (χ0) is 13.9. The van der Waals surface area contributed by atoms with Crippen LogP contribution in [-0.4, -0.2) is 29.7 Å². The second-order valence-electron chi connectivity index (χ2n) is 4.86. The number of nitro groups is 1. The minimum absolute atomic E-state index is 0.0155. The molecule has 0 radical (unpaired) electrons. The highest BCUT2D eigenvalue weighted by molar-refractivity contribution is 5.77. The van der Waals surface area contributed by atoms with Crippen molar-refractivity contribution >= 4 is 22.8 Å². The number of oxazole rings is 1. The van der Waals surface area contributed by atoms with Gasteiger partial charge in [-0.25, -0.2) is 0 Å². The maximum absolute atomic E-state index is 10.7. The Balaban J connectivity index is 1.70. The van der Waals surface area contributed by atoms with E-state index in [1.165, 1.54) is 12.1 Å². The second kappa shape index (κ2) is 5.46. The Labute approximate surface area is 115 Å². The van der Waals surface area contributed by atoms with Crippen LogP contribution in [0.4, 0.5) is 11.7 Å². The van der Waals surface area contributed by atoms with Gasteiger partial charge in [0.1, 0.15) is 5.52 Å². The van der Waals surface area contributed by atoms with Crippen LogP contribution in [0, 0.1) is 16.0 Å². The molecule has 0 atom stereocenters. The van der Waals surface area contributed by atoms with Gasteiger partial charge in [0.2, 0.25) is 0 Å². The first-order valence-corrected chi connectivity index (χ1v) is 6.59. The zero-order valence-corrected chi connectivity index (χ0v) is 10.9. The van der Waals surface area contributed by atoms with Crippen LogP contribution >= 0.6 is 0 Å². The summed E-state index contributed by atoms with van der Waals surface area (Å²) < 4.78 is 10.8. The molecule has 0 unspecified atom stereocenters. The van der Waals surface area contributed by atoms with Crippen molar-refractivity contribution < 1.29 is 14.1 Å². The third kappa shape index (κ3) is 2.72. The second-order valence-corrected chi connectivity index (χ2v) is 4.86. The van der Waals surface area contributed by atoms with E-state index in [-0.39, 0.29) is 5.69 Å². The summed E-state index contributed by atoms with van der Waals surface area (Å²) in [6.45, 7) is 2.37. The molecule has 2 aromatic rings. The molecule has 1 aliphatic heterocycles. The van der Waals surface area contributed by atoms with Crippen LogP contribution in [0.25, 0.3) is 11.1 Å². The number of hydrogen-bond acceptors (Lipinski definition) is 6. The molecule has 7 heteroatoms. The van der Waals surface area contributed by atoms with E-state index in [1.54, 1.807) is 6.07 Å². The molecule has 1 N–H and O–H groups in total. The van der Waals surface area contributed by atoms with Gasteiger partial charge in [-0.3, -0.25) is 10.1 Å². The first-order chi connectivity index (χ1) is 9.72. The zero-order valence-electron chi connectivity index (χ0n) is 10.9. The lowest BCUT2D eigenvalue weighted by Gasteiger charge is -2.21. The van der Waals surface area contributed by atoms with Gasteiger partial charge in [0.05, 0.1) is 4.92 Å². The molecule has 20 heavy (non-hydrogen) atoms. The molecule has 1 aromatic heterocycles. The molecule has 0 saturated carbocycles. The van der Waals surface area contributed by atoms with Crippen molar-refractivity contribution in [1.82, 2.24) is 4.98 Å². The fraction of sp³-hybridized carbons (Fsp3) is 0.462. The Bertz CT molecular complexity index is 619. The van der Waals surface area contributed by atoms with E-state index in [0.717, 1.165) is 32.6 Å². The number of hydrogen-bond donors (Lipinski definition) is 1. The highest BCUT2D eigenvalue weighted by Gasteiger charge is 2.15. The number of fused-ring (bicyclic) bond motifs is 1. The maximum atomic E-state index is 10.7. The summed E-state index contributed by atoms with van der Waals surface area (Å²) in [5, 5.41) is 13.9. The van der Waals surface area contributed by atoms with E-state index in [4.69, 9.17) is 9.15 Å². The SMILES string of the molecule is O=[N+]([O-])c1ccc2oc(NCC3CCOCC3)nc2c1. The number of rotatable bonds is 4. The predicted octanol–water partition coefficient (Wildman–Crippen LogP) is 2.57. The number of benzene rings is 1. The molecule has 2 heterocycles. The molecule has 0 spiro atoms. The van der Waals surface area contributed by atoms with E-state index in [0.29, 0.717) is 23.0 Å². The van der Waals surface area contributed by atoms with Gasteiger partial charge in [-0.1, -0.05) is 0 Å². The molecule has 7 nitrogen and oxygen atoms in total. The normalized spacial score (nSPS) is 16.4. The molecule has 1 aliphatic rings. The number of nitro benzene ring substituents is 1. The summed E-state index contributed by atoms with van der Waals surface area (Å²) in [6, 6.07) is 4.81. The first-order valence-electron chi connectivity index (χ1n) is 6.59. The number of aromatic nitrogens is 1. The average Bonchev–Trinajstić information content (AvgIpc) is 2.88.